The molecule has 3 aromatic carbocycles. The van der Waals surface area contributed by atoms with Crippen molar-refractivity contribution in [2.75, 3.05) is 45.3 Å². The first-order chi connectivity index (χ1) is 24.3. The number of amides is 1. The molecule has 0 aliphatic carbocycles. The number of halogens is 2. The molecule has 0 atom stereocenters. The van der Waals surface area contributed by atoms with Crippen LogP contribution in [0.15, 0.2) is 77.9 Å². The van der Waals surface area contributed by atoms with Gasteiger partial charge >= 0.3 is 0 Å². The van der Waals surface area contributed by atoms with E-state index in [0.717, 1.165) is 32.1 Å². The van der Waals surface area contributed by atoms with E-state index in [0.29, 0.717) is 52.4 Å². The van der Waals surface area contributed by atoms with E-state index in [1.807, 2.05) is 0 Å². The van der Waals surface area contributed by atoms with E-state index < -0.39 is 23.1 Å². The number of rotatable bonds is 11. The lowest BCUT2D eigenvalue weighted by Crippen LogP contribution is -2.46. The lowest BCUT2D eigenvalue weighted by atomic mass is 10.0. The van der Waals surface area contributed by atoms with Crippen LogP contribution in [0.25, 0.3) is 16.6 Å². The third kappa shape index (κ3) is 6.53. The second-order valence-corrected chi connectivity index (χ2v) is 11.9. The Balaban J connectivity index is 1.07. The highest BCUT2D eigenvalue weighted by Gasteiger charge is 2.28. The predicted molar refractivity (Wildman–Crippen MR) is 180 cm³/mol. The van der Waals surface area contributed by atoms with Crippen molar-refractivity contribution < 1.29 is 32.5 Å². The van der Waals surface area contributed by atoms with Gasteiger partial charge in [-0.05, 0) is 55.0 Å². The molecule has 0 spiro atoms. The summed E-state index contributed by atoms with van der Waals surface area (Å²) in [5.41, 5.74) is 0.759. The standard InChI is InChI=1S/C37H31F2N5O6/c1-47-32-16-27-29(17-33(32)48-13-2-12-43-19-22(18-40)20-43)41-11-9-30(27)50-31-8-5-25(15-28(31)39)42-36(45)34-35-23(10-14-49-35)21-44(37(34)46)26-6-3-24(38)4-7-26/h3-9,11,15-17,21-22H,2,10,12-14,19-20H2,1H3,(H,42,45). The Labute approximate surface area is 285 Å². The molecule has 1 N–H and O–H groups in total. The summed E-state index contributed by atoms with van der Waals surface area (Å²) in [7, 11) is 1.52. The van der Waals surface area contributed by atoms with Crippen molar-refractivity contribution in [3.8, 4) is 40.5 Å². The minimum atomic E-state index is -0.781. The normalized spacial score (nSPS) is 14.0. The van der Waals surface area contributed by atoms with Crippen LogP contribution in [0.5, 0.6) is 28.7 Å². The van der Waals surface area contributed by atoms with Gasteiger partial charge in [0.15, 0.2) is 23.1 Å². The SMILES string of the molecule is COc1cc2c(Oc3ccc(NC(=O)c4c5c(cn(-c6ccc(F)cc6)c4=O)CCO5)cc3F)ccnc2cc1OCCCN1CC(C#N)C1. The number of carbonyl (C=O) groups is 1. The third-order valence-electron chi connectivity index (χ3n) is 8.60. The van der Waals surface area contributed by atoms with Gasteiger partial charge in [-0.15, -0.1) is 0 Å². The highest BCUT2D eigenvalue weighted by molar-refractivity contribution is 6.06. The van der Waals surface area contributed by atoms with E-state index in [1.165, 1.54) is 54.3 Å². The molecule has 0 saturated carbocycles. The number of nitriles is 1. The Kier molecular flexibility index (Phi) is 9.02. The largest absolute Gasteiger partial charge is 0.493 e. The maximum Gasteiger partial charge on any atom is 0.271 e. The number of carbonyl (C=O) groups excluding carboxylic acids is 1. The van der Waals surface area contributed by atoms with Gasteiger partial charge in [0.05, 0.1) is 37.8 Å². The molecule has 0 radical (unpaired) electrons. The number of nitrogens with one attached hydrogen (secondary N) is 1. The third-order valence-corrected chi connectivity index (χ3v) is 8.60. The molecule has 1 amide bonds. The molecular formula is C37H31F2N5O6. The van der Waals surface area contributed by atoms with Crippen LogP contribution in [0.2, 0.25) is 0 Å². The Bertz CT molecular complexity index is 2200. The molecule has 5 aromatic rings. The Morgan fingerprint density at radius 2 is 1.88 bits per heavy atom. The summed E-state index contributed by atoms with van der Waals surface area (Å²) in [6.45, 7) is 3.14. The second kappa shape index (κ2) is 13.9. The molecule has 1 fully saturated rings. The summed E-state index contributed by atoms with van der Waals surface area (Å²) >= 11 is 0. The maximum atomic E-state index is 15.4. The van der Waals surface area contributed by atoms with Gasteiger partial charge in [0.25, 0.3) is 11.5 Å². The van der Waals surface area contributed by atoms with Crippen LogP contribution in [0.3, 0.4) is 0 Å². The second-order valence-electron chi connectivity index (χ2n) is 11.9. The van der Waals surface area contributed by atoms with Crippen molar-refractivity contribution in [1.29, 1.82) is 5.26 Å². The number of fused-ring (bicyclic) bond motifs is 2. The van der Waals surface area contributed by atoms with Crippen LogP contribution < -0.4 is 29.8 Å². The van der Waals surface area contributed by atoms with Gasteiger partial charge in [-0.1, -0.05) is 0 Å². The van der Waals surface area contributed by atoms with Crippen molar-refractivity contribution in [2.45, 2.75) is 12.8 Å². The molecule has 0 bridgehead atoms. The molecule has 1 saturated heterocycles. The van der Waals surface area contributed by atoms with Crippen LogP contribution in [0.1, 0.15) is 22.3 Å². The number of aromatic nitrogens is 2. The number of anilines is 1. The number of hydrogen-bond donors (Lipinski definition) is 1. The summed E-state index contributed by atoms with van der Waals surface area (Å²) in [5.74, 6) is -0.555. The number of ether oxygens (including phenoxy) is 4. The quantitative estimate of drug-likeness (QED) is 0.170. The van der Waals surface area contributed by atoms with Gasteiger partial charge in [0, 0.05) is 72.9 Å². The molecule has 4 heterocycles. The lowest BCUT2D eigenvalue weighted by molar-refractivity contribution is 0.102. The number of hydrogen-bond acceptors (Lipinski definition) is 9. The zero-order valence-electron chi connectivity index (χ0n) is 26.9. The Morgan fingerprint density at radius 1 is 1.06 bits per heavy atom. The van der Waals surface area contributed by atoms with Crippen molar-refractivity contribution in [1.82, 2.24) is 14.5 Å². The fourth-order valence-corrected chi connectivity index (χ4v) is 6.02. The first-order valence-electron chi connectivity index (χ1n) is 16.0. The number of benzene rings is 3. The topological polar surface area (TPSA) is 128 Å². The molecule has 11 nitrogen and oxygen atoms in total. The van der Waals surface area contributed by atoms with Crippen molar-refractivity contribution >= 4 is 22.5 Å². The van der Waals surface area contributed by atoms with E-state index in [4.69, 9.17) is 24.2 Å². The van der Waals surface area contributed by atoms with Gasteiger partial charge in [-0.3, -0.25) is 19.1 Å². The van der Waals surface area contributed by atoms with Gasteiger partial charge < -0.3 is 29.2 Å². The minimum absolute atomic E-state index is 0.0882. The van der Waals surface area contributed by atoms with Crippen molar-refractivity contribution in [3.63, 3.8) is 0 Å². The molecule has 2 aromatic heterocycles. The average molecular weight is 680 g/mol. The van der Waals surface area contributed by atoms with Gasteiger partial charge in [0.1, 0.15) is 22.9 Å². The first kappa shape index (κ1) is 32.5. The van der Waals surface area contributed by atoms with Gasteiger partial charge in [0.2, 0.25) is 0 Å². The maximum absolute atomic E-state index is 15.4. The van der Waals surface area contributed by atoms with Crippen LogP contribution in [-0.2, 0) is 6.42 Å². The van der Waals surface area contributed by atoms with Crippen LogP contribution in [-0.4, -0.2) is 60.3 Å². The molecular weight excluding hydrogens is 648 g/mol. The van der Waals surface area contributed by atoms with Gasteiger partial charge in [-0.2, -0.15) is 5.26 Å². The van der Waals surface area contributed by atoms with Crippen molar-refractivity contribution in [3.05, 3.63) is 106 Å². The molecule has 254 valence electrons. The average Bonchev–Trinajstić information content (AvgIpc) is 3.56. The van der Waals surface area contributed by atoms with Gasteiger partial charge in [-0.25, -0.2) is 8.78 Å². The number of pyridine rings is 2. The van der Waals surface area contributed by atoms with E-state index in [2.05, 4.69) is 21.3 Å². The van der Waals surface area contributed by atoms with Crippen LogP contribution in [0, 0.1) is 28.9 Å². The first-order valence-corrected chi connectivity index (χ1v) is 16.0. The predicted octanol–water partition coefficient (Wildman–Crippen LogP) is 5.88. The number of likely N-dealkylation sites (tertiary alicyclic amines) is 1. The molecule has 50 heavy (non-hydrogen) atoms. The monoisotopic (exact) mass is 679 g/mol. The van der Waals surface area contributed by atoms with Crippen LogP contribution in [0.4, 0.5) is 14.5 Å². The zero-order chi connectivity index (χ0) is 34.8. The highest BCUT2D eigenvalue weighted by atomic mass is 19.1. The molecule has 0 unspecified atom stereocenters. The highest BCUT2D eigenvalue weighted by Crippen LogP contribution is 2.38. The zero-order valence-corrected chi connectivity index (χ0v) is 26.9. The summed E-state index contributed by atoms with van der Waals surface area (Å²) in [5, 5.41) is 12.1. The van der Waals surface area contributed by atoms with Crippen LogP contribution >= 0.6 is 0 Å². The van der Waals surface area contributed by atoms with E-state index in [1.54, 1.807) is 24.4 Å². The molecule has 7 rings (SSSR count). The molecule has 13 heteroatoms. The summed E-state index contributed by atoms with van der Waals surface area (Å²) in [6, 6.07) is 16.5. The fraction of sp³-hybridized carbons (Fsp3) is 0.243. The number of nitrogens with zero attached hydrogens (tertiary/aromatic N) is 4. The Hall–Kier alpha value is -6.00. The number of methoxy groups -OCH3 is 1. The molecule has 2 aliphatic heterocycles. The smallest absolute Gasteiger partial charge is 0.271 e. The lowest BCUT2D eigenvalue weighted by Gasteiger charge is -2.35. The van der Waals surface area contributed by atoms with E-state index in [-0.39, 0.29) is 35.3 Å². The summed E-state index contributed by atoms with van der Waals surface area (Å²) in [4.78, 5) is 33.5. The van der Waals surface area contributed by atoms with Crippen molar-refractivity contribution in [2.24, 2.45) is 5.92 Å². The minimum Gasteiger partial charge on any atom is -0.493 e. The van der Waals surface area contributed by atoms with E-state index >= 15 is 4.39 Å². The van der Waals surface area contributed by atoms with E-state index in [9.17, 15) is 14.0 Å². The Morgan fingerprint density at radius 3 is 2.64 bits per heavy atom. The summed E-state index contributed by atoms with van der Waals surface area (Å²) < 4.78 is 53.4. The fourth-order valence-electron chi connectivity index (χ4n) is 6.02. The summed E-state index contributed by atoms with van der Waals surface area (Å²) in [6.07, 6.45) is 4.37. The molecule has 2 aliphatic rings.